The summed E-state index contributed by atoms with van der Waals surface area (Å²) >= 11 is 0. The highest BCUT2D eigenvalue weighted by atomic mass is 16.5. The summed E-state index contributed by atoms with van der Waals surface area (Å²) in [4.78, 5) is 34.3. The van der Waals surface area contributed by atoms with Gasteiger partial charge in [0, 0.05) is 25.7 Å². The number of ether oxygens (including phenoxy) is 2. The van der Waals surface area contributed by atoms with E-state index in [9.17, 15) is 14.4 Å². The van der Waals surface area contributed by atoms with E-state index in [2.05, 4.69) is 0 Å². The molecule has 102 valence electrons. The molecule has 1 aliphatic carbocycles. The zero-order valence-electron chi connectivity index (χ0n) is 10.9. The zero-order valence-corrected chi connectivity index (χ0v) is 10.9. The third-order valence-corrected chi connectivity index (χ3v) is 3.11. The van der Waals surface area contributed by atoms with Gasteiger partial charge in [-0.2, -0.15) is 0 Å². The number of rotatable bonds is 6. The van der Waals surface area contributed by atoms with Crippen molar-refractivity contribution in [2.75, 3.05) is 13.2 Å². The maximum absolute atomic E-state index is 11.4. The lowest BCUT2D eigenvalue weighted by Crippen LogP contribution is -2.19. The van der Waals surface area contributed by atoms with Crippen LogP contribution in [-0.2, 0) is 23.9 Å². The average Bonchev–Trinajstić information content (AvgIpc) is 2.59. The highest BCUT2D eigenvalue weighted by molar-refractivity contribution is 5.83. The van der Waals surface area contributed by atoms with Gasteiger partial charge in [-0.1, -0.05) is 0 Å². The Balaban J connectivity index is 2.50. The van der Waals surface area contributed by atoms with E-state index in [4.69, 9.17) is 9.47 Å². The lowest BCUT2D eigenvalue weighted by Gasteiger charge is -2.16. The summed E-state index contributed by atoms with van der Waals surface area (Å²) in [5, 5.41) is 0. The van der Waals surface area contributed by atoms with Gasteiger partial charge < -0.3 is 9.47 Å². The van der Waals surface area contributed by atoms with E-state index in [0.29, 0.717) is 26.1 Å². The van der Waals surface area contributed by atoms with Crippen molar-refractivity contribution < 1.29 is 23.9 Å². The van der Waals surface area contributed by atoms with Gasteiger partial charge in [0.15, 0.2) is 0 Å². The maximum atomic E-state index is 11.4. The number of esters is 2. The first-order valence-electron chi connectivity index (χ1n) is 6.39. The third kappa shape index (κ3) is 4.47. The molecule has 0 aromatic carbocycles. The first kappa shape index (κ1) is 14.7. The maximum Gasteiger partial charge on any atom is 0.306 e. The van der Waals surface area contributed by atoms with Crippen molar-refractivity contribution in [1.82, 2.24) is 0 Å². The van der Waals surface area contributed by atoms with E-state index in [0.717, 1.165) is 0 Å². The summed E-state index contributed by atoms with van der Waals surface area (Å²) in [6.07, 6.45) is 1.15. The molecular formula is C13H20O5. The Hall–Kier alpha value is -1.39. The predicted octanol–water partition coefficient (Wildman–Crippen LogP) is 1.49. The van der Waals surface area contributed by atoms with Crippen LogP contribution in [0.3, 0.4) is 0 Å². The molecule has 1 fully saturated rings. The molecule has 1 rings (SSSR count). The van der Waals surface area contributed by atoms with Gasteiger partial charge >= 0.3 is 11.9 Å². The van der Waals surface area contributed by atoms with Crippen LogP contribution in [-0.4, -0.2) is 30.9 Å². The van der Waals surface area contributed by atoms with Crippen molar-refractivity contribution in [2.24, 2.45) is 11.8 Å². The van der Waals surface area contributed by atoms with Gasteiger partial charge in [0.25, 0.3) is 0 Å². The second-order valence-corrected chi connectivity index (χ2v) is 4.49. The minimum atomic E-state index is -0.300. The Labute approximate surface area is 107 Å². The van der Waals surface area contributed by atoms with Gasteiger partial charge in [-0.3, -0.25) is 14.4 Å². The number of Topliss-reactive ketones (excluding diaryl/α,β-unsaturated/α-hetero) is 1. The highest BCUT2D eigenvalue weighted by Crippen LogP contribution is 2.34. The first-order valence-corrected chi connectivity index (χ1v) is 6.39. The van der Waals surface area contributed by atoms with Crippen LogP contribution in [0.15, 0.2) is 0 Å². The molecule has 0 N–H and O–H groups in total. The second-order valence-electron chi connectivity index (χ2n) is 4.49. The van der Waals surface area contributed by atoms with Crippen LogP contribution in [0.2, 0.25) is 0 Å². The molecule has 0 aromatic rings. The molecule has 0 aromatic heterocycles. The van der Waals surface area contributed by atoms with Crippen molar-refractivity contribution in [1.29, 1.82) is 0 Å². The van der Waals surface area contributed by atoms with E-state index < -0.39 is 0 Å². The van der Waals surface area contributed by atoms with Gasteiger partial charge in [-0.05, 0) is 25.7 Å². The average molecular weight is 256 g/mol. The Kier molecular flexibility index (Phi) is 5.82. The van der Waals surface area contributed by atoms with Crippen LogP contribution in [0.4, 0.5) is 0 Å². The van der Waals surface area contributed by atoms with E-state index in [-0.39, 0.29) is 42.4 Å². The molecule has 0 unspecified atom stereocenters. The lowest BCUT2D eigenvalue weighted by molar-refractivity contribution is -0.147. The molecule has 0 heterocycles. The summed E-state index contributed by atoms with van der Waals surface area (Å²) < 4.78 is 9.75. The van der Waals surface area contributed by atoms with E-state index in [1.807, 2.05) is 0 Å². The Morgan fingerprint density at radius 1 is 1.00 bits per heavy atom. The van der Waals surface area contributed by atoms with Crippen molar-refractivity contribution in [2.45, 2.75) is 39.5 Å². The van der Waals surface area contributed by atoms with Crippen molar-refractivity contribution in [3.8, 4) is 0 Å². The molecule has 0 amide bonds. The Morgan fingerprint density at radius 2 is 1.39 bits per heavy atom. The fraction of sp³-hybridized carbons (Fsp3) is 0.769. The van der Waals surface area contributed by atoms with E-state index >= 15 is 0 Å². The zero-order chi connectivity index (χ0) is 13.5. The molecule has 1 aliphatic rings. The fourth-order valence-electron chi connectivity index (χ4n) is 2.35. The number of hydrogen-bond acceptors (Lipinski definition) is 5. The monoisotopic (exact) mass is 256 g/mol. The predicted molar refractivity (Wildman–Crippen MR) is 63.7 cm³/mol. The fourth-order valence-corrected chi connectivity index (χ4v) is 2.35. The van der Waals surface area contributed by atoms with Gasteiger partial charge in [0.05, 0.1) is 13.2 Å². The Bertz CT molecular complexity index is 293. The number of carbonyl (C=O) groups excluding carboxylic acids is 3. The quantitative estimate of drug-likeness (QED) is 0.673. The van der Waals surface area contributed by atoms with Crippen LogP contribution in [0.1, 0.15) is 39.5 Å². The summed E-state index contributed by atoms with van der Waals surface area (Å²) in [5.41, 5.74) is 0. The van der Waals surface area contributed by atoms with E-state index in [1.165, 1.54) is 0 Å². The second kappa shape index (κ2) is 7.13. The van der Waals surface area contributed by atoms with Crippen LogP contribution in [0.25, 0.3) is 0 Å². The first-order chi connectivity index (χ1) is 8.56. The van der Waals surface area contributed by atoms with E-state index in [1.54, 1.807) is 13.8 Å². The summed E-state index contributed by atoms with van der Waals surface area (Å²) in [6, 6.07) is 0. The third-order valence-electron chi connectivity index (χ3n) is 3.11. The summed E-state index contributed by atoms with van der Waals surface area (Å²) in [6.45, 7) is 4.16. The SMILES string of the molecule is CCOC(=O)C[C@@H]1CC(=O)C[C@H]1CC(=O)OCC. The molecular weight excluding hydrogens is 236 g/mol. The van der Waals surface area contributed by atoms with Crippen LogP contribution < -0.4 is 0 Å². The molecule has 5 heteroatoms. The molecule has 2 atom stereocenters. The largest absolute Gasteiger partial charge is 0.466 e. The minimum Gasteiger partial charge on any atom is -0.466 e. The van der Waals surface area contributed by atoms with Gasteiger partial charge in [-0.25, -0.2) is 0 Å². The molecule has 1 saturated carbocycles. The van der Waals surface area contributed by atoms with Crippen molar-refractivity contribution in [3.63, 3.8) is 0 Å². The van der Waals surface area contributed by atoms with Gasteiger partial charge in [-0.15, -0.1) is 0 Å². The van der Waals surface area contributed by atoms with Gasteiger partial charge in [0.2, 0.25) is 0 Å². The van der Waals surface area contributed by atoms with Crippen LogP contribution in [0.5, 0.6) is 0 Å². The summed E-state index contributed by atoms with van der Waals surface area (Å²) in [5.74, 6) is -0.655. The lowest BCUT2D eigenvalue weighted by atomic mass is 9.90. The molecule has 5 nitrogen and oxygen atoms in total. The molecule has 0 spiro atoms. The smallest absolute Gasteiger partial charge is 0.306 e. The molecule has 0 bridgehead atoms. The number of carbonyl (C=O) groups is 3. The van der Waals surface area contributed by atoms with Gasteiger partial charge in [0.1, 0.15) is 5.78 Å². The molecule has 0 aliphatic heterocycles. The van der Waals surface area contributed by atoms with Crippen molar-refractivity contribution in [3.05, 3.63) is 0 Å². The molecule has 18 heavy (non-hydrogen) atoms. The minimum absolute atomic E-state index is 0.0824. The normalized spacial score (nSPS) is 22.9. The molecule has 0 saturated heterocycles. The topological polar surface area (TPSA) is 69.7 Å². The standard InChI is InChI=1S/C13H20O5/c1-3-17-12(15)7-9-5-11(14)6-10(9)8-13(16)18-4-2/h9-10H,3-8H2,1-2H3/t9-,10-/m0/s1. The Morgan fingerprint density at radius 3 is 1.72 bits per heavy atom. The summed E-state index contributed by atoms with van der Waals surface area (Å²) in [7, 11) is 0. The van der Waals surface area contributed by atoms with Crippen LogP contribution >= 0.6 is 0 Å². The highest BCUT2D eigenvalue weighted by Gasteiger charge is 2.36. The van der Waals surface area contributed by atoms with Crippen LogP contribution in [0, 0.1) is 11.8 Å². The van der Waals surface area contributed by atoms with Crippen molar-refractivity contribution >= 4 is 17.7 Å². The molecule has 0 radical (unpaired) electrons. The number of ketones is 1. The number of hydrogen-bond donors (Lipinski definition) is 0.